The molecule has 0 aliphatic carbocycles. The summed E-state index contributed by atoms with van der Waals surface area (Å²) in [6.07, 6.45) is 0. The predicted octanol–water partition coefficient (Wildman–Crippen LogP) is 5.52. The Kier molecular flexibility index (Phi) is 7.44. The molecule has 0 bridgehead atoms. The minimum atomic E-state index is -0.458. The summed E-state index contributed by atoms with van der Waals surface area (Å²) in [5, 5.41) is 14.2. The van der Waals surface area contributed by atoms with Crippen molar-refractivity contribution >= 4 is 40.0 Å². The van der Waals surface area contributed by atoms with Gasteiger partial charge in [0.15, 0.2) is 5.16 Å². The fourth-order valence-corrected chi connectivity index (χ4v) is 5.18. The van der Waals surface area contributed by atoms with E-state index in [-0.39, 0.29) is 18.3 Å². The molecule has 1 amide bonds. The summed E-state index contributed by atoms with van der Waals surface area (Å²) in [5.41, 5.74) is 4.09. The average molecular weight is 493 g/mol. The molecule has 0 saturated heterocycles. The molecule has 7 nitrogen and oxygen atoms in total. The molecule has 174 valence electrons. The fourth-order valence-electron chi connectivity index (χ4n) is 3.41. The van der Waals surface area contributed by atoms with E-state index < -0.39 is 5.97 Å². The molecule has 0 unspecified atom stereocenters. The van der Waals surface area contributed by atoms with Crippen molar-refractivity contribution in [1.82, 2.24) is 14.8 Å². The van der Waals surface area contributed by atoms with E-state index in [0.717, 1.165) is 28.2 Å². The molecular formula is C25H24N4O3S2. The third kappa shape index (κ3) is 5.21. The minimum absolute atomic E-state index is 0.116. The molecule has 2 aromatic carbocycles. The first-order valence-corrected chi connectivity index (χ1v) is 12.6. The number of anilines is 1. The number of thioether (sulfide) groups is 1. The number of esters is 1. The van der Waals surface area contributed by atoms with E-state index >= 15 is 0 Å². The van der Waals surface area contributed by atoms with Crippen LogP contribution in [0.1, 0.15) is 28.7 Å². The molecule has 9 heteroatoms. The maximum Gasteiger partial charge on any atom is 0.341 e. The second kappa shape index (κ2) is 10.7. The zero-order valence-electron chi connectivity index (χ0n) is 19.1. The topological polar surface area (TPSA) is 86.1 Å². The highest BCUT2D eigenvalue weighted by Gasteiger charge is 2.23. The molecule has 0 saturated carbocycles. The van der Waals surface area contributed by atoms with Gasteiger partial charge < -0.3 is 10.1 Å². The van der Waals surface area contributed by atoms with Crippen molar-refractivity contribution in [3.05, 3.63) is 76.9 Å². The lowest BCUT2D eigenvalue weighted by Crippen LogP contribution is -2.16. The van der Waals surface area contributed by atoms with Crippen molar-refractivity contribution in [3.63, 3.8) is 0 Å². The van der Waals surface area contributed by atoms with Gasteiger partial charge in [-0.2, -0.15) is 0 Å². The lowest BCUT2D eigenvalue weighted by molar-refractivity contribution is -0.113. The zero-order chi connectivity index (χ0) is 24.1. The van der Waals surface area contributed by atoms with Gasteiger partial charge >= 0.3 is 5.97 Å². The summed E-state index contributed by atoms with van der Waals surface area (Å²) < 4.78 is 7.18. The summed E-state index contributed by atoms with van der Waals surface area (Å²) in [7, 11) is 0. The first-order valence-electron chi connectivity index (χ1n) is 10.7. The Hall–Kier alpha value is -3.43. The van der Waals surface area contributed by atoms with Crippen LogP contribution in [0, 0.1) is 13.8 Å². The number of hydrogen-bond donors (Lipinski definition) is 1. The van der Waals surface area contributed by atoms with Gasteiger partial charge in [0.2, 0.25) is 5.91 Å². The van der Waals surface area contributed by atoms with Gasteiger partial charge in [0.25, 0.3) is 0 Å². The minimum Gasteiger partial charge on any atom is -0.462 e. The predicted molar refractivity (Wildman–Crippen MR) is 136 cm³/mol. The van der Waals surface area contributed by atoms with Crippen LogP contribution < -0.4 is 5.32 Å². The highest BCUT2D eigenvalue weighted by atomic mass is 32.2. The van der Waals surface area contributed by atoms with Crippen molar-refractivity contribution in [2.45, 2.75) is 25.9 Å². The van der Waals surface area contributed by atoms with Crippen molar-refractivity contribution in [1.29, 1.82) is 0 Å². The van der Waals surface area contributed by atoms with E-state index in [1.807, 2.05) is 78.4 Å². The molecule has 4 aromatic rings. The number of amides is 1. The smallest absolute Gasteiger partial charge is 0.341 e. The summed E-state index contributed by atoms with van der Waals surface area (Å²) >= 11 is 2.59. The van der Waals surface area contributed by atoms with Gasteiger partial charge in [0.1, 0.15) is 16.4 Å². The number of aryl methyl sites for hydroxylation is 2. The van der Waals surface area contributed by atoms with Gasteiger partial charge in [-0.25, -0.2) is 4.79 Å². The molecule has 2 heterocycles. The molecule has 0 aliphatic rings. The number of thiophene rings is 1. The van der Waals surface area contributed by atoms with E-state index in [0.29, 0.717) is 15.7 Å². The number of ether oxygens (including phenoxy) is 1. The number of benzene rings is 2. The van der Waals surface area contributed by atoms with Crippen LogP contribution in [-0.4, -0.2) is 39.0 Å². The number of carbonyl (C=O) groups excluding carboxylic acids is 2. The Balaban J connectivity index is 1.52. The van der Waals surface area contributed by atoms with Gasteiger partial charge in [-0.1, -0.05) is 59.8 Å². The molecule has 0 atom stereocenters. The Morgan fingerprint density at radius 2 is 1.79 bits per heavy atom. The number of aromatic nitrogens is 3. The van der Waals surface area contributed by atoms with Crippen molar-refractivity contribution in [2.24, 2.45) is 0 Å². The normalized spacial score (nSPS) is 10.8. The fraction of sp³-hybridized carbons (Fsp3) is 0.200. The first-order chi connectivity index (χ1) is 16.5. The van der Waals surface area contributed by atoms with Gasteiger partial charge in [0.05, 0.1) is 12.4 Å². The third-order valence-electron chi connectivity index (χ3n) is 5.03. The molecule has 1 N–H and O–H groups in total. The summed E-state index contributed by atoms with van der Waals surface area (Å²) in [5.74, 6) is 0.153. The lowest BCUT2D eigenvalue weighted by atomic mass is 10.0. The monoisotopic (exact) mass is 492 g/mol. The Morgan fingerprint density at radius 1 is 1.06 bits per heavy atom. The molecule has 4 rings (SSSR count). The van der Waals surface area contributed by atoms with Crippen LogP contribution in [0.2, 0.25) is 0 Å². The molecule has 34 heavy (non-hydrogen) atoms. The molecule has 0 spiro atoms. The SMILES string of the molecule is CCOC(=O)c1c(-c2ccccc2)csc1NC(=O)CSc1nnc(C)n1-c1ccc(C)cc1. The van der Waals surface area contributed by atoms with Crippen molar-refractivity contribution < 1.29 is 14.3 Å². The van der Waals surface area contributed by atoms with Gasteiger partial charge in [-0.15, -0.1) is 21.5 Å². The highest BCUT2D eigenvalue weighted by Crippen LogP contribution is 2.36. The molecule has 0 aliphatic heterocycles. The van der Waals surface area contributed by atoms with Crippen molar-refractivity contribution in [3.8, 4) is 16.8 Å². The standard InChI is InChI=1S/C25H24N4O3S2/c1-4-32-24(31)22-20(18-8-6-5-7-9-18)14-33-23(22)26-21(30)15-34-25-28-27-17(3)29(25)19-12-10-16(2)11-13-19/h5-14H,4,15H2,1-3H3,(H,26,30). The maximum atomic E-state index is 12.8. The maximum absolute atomic E-state index is 12.8. The van der Waals surface area contributed by atoms with Crippen LogP contribution in [0.25, 0.3) is 16.8 Å². The molecular weight excluding hydrogens is 468 g/mol. The second-order valence-corrected chi connectivity index (χ2v) is 9.30. The highest BCUT2D eigenvalue weighted by molar-refractivity contribution is 7.99. The number of rotatable bonds is 8. The van der Waals surface area contributed by atoms with Crippen LogP contribution in [-0.2, 0) is 9.53 Å². The Labute approximate surface area is 206 Å². The Bertz CT molecular complexity index is 1300. The third-order valence-corrected chi connectivity index (χ3v) is 6.85. The summed E-state index contributed by atoms with van der Waals surface area (Å²) in [4.78, 5) is 25.5. The second-order valence-electron chi connectivity index (χ2n) is 7.48. The number of hydrogen-bond acceptors (Lipinski definition) is 7. The van der Waals surface area contributed by atoms with E-state index in [1.165, 1.54) is 23.1 Å². The molecule has 0 fully saturated rings. The van der Waals surface area contributed by atoms with E-state index in [4.69, 9.17) is 4.74 Å². The van der Waals surface area contributed by atoms with E-state index in [9.17, 15) is 9.59 Å². The number of nitrogens with one attached hydrogen (secondary N) is 1. The van der Waals surface area contributed by atoms with Gasteiger partial charge in [0, 0.05) is 16.6 Å². The van der Waals surface area contributed by atoms with Gasteiger partial charge in [-0.05, 0) is 38.5 Å². The van der Waals surface area contributed by atoms with Crippen LogP contribution in [0.4, 0.5) is 5.00 Å². The zero-order valence-corrected chi connectivity index (χ0v) is 20.7. The molecule has 0 radical (unpaired) electrons. The number of carbonyl (C=O) groups is 2. The van der Waals surface area contributed by atoms with E-state index in [2.05, 4.69) is 15.5 Å². The largest absolute Gasteiger partial charge is 0.462 e. The lowest BCUT2D eigenvalue weighted by Gasteiger charge is -2.10. The summed E-state index contributed by atoms with van der Waals surface area (Å²) in [6, 6.07) is 17.6. The van der Waals surface area contributed by atoms with Gasteiger partial charge in [-0.3, -0.25) is 9.36 Å². The quantitative estimate of drug-likeness (QED) is 0.257. The molecule has 2 aromatic heterocycles. The van der Waals surface area contributed by atoms with E-state index in [1.54, 1.807) is 6.92 Å². The van der Waals surface area contributed by atoms with Crippen LogP contribution in [0.15, 0.2) is 65.1 Å². The van der Waals surface area contributed by atoms with Crippen LogP contribution in [0.5, 0.6) is 0 Å². The van der Waals surface area contributed by atoms with Crippen LogP contribution >= 0.6 is 23.1 Å². The Morgan fingerprint density at radius 3 is 2.50 bits per heavy atom. The number of nitrogens with zero attached hydrogens (tertiary/aromatic N) is 3. The average Bonchev–Trinajstić information content (AvgIpc) is 3.42. The summed E-state index contributed by atoms with van der Waals surface area (Å²) in [6.45, 7) is 5.91. The first kappa shape index (κ1) is 23.7. The van der Waals surface area contributed by atoms with Crippen LogP contribution in [0.3, 0.4) is 0 Å². The van der Waals surface area contributed by atoms with Crippen molar-refractivity contribution in [2.75, 3.05) is 17.7 Å².